The van der Waals surface area contributed by atoms with Crippen LogP contribution >= 0.6 is 0 Å². The summed E-state index contributed by atoms with van der Waals surface area (Å²) in [5.74, 6) is 0.641. The SMILES string of the molecule is CN=C1NC(=O)C2(CCc3ccccc3C2)N1. The van der Waals surface area contributed by atoms with Gasteiger partial charge in [-0.25, -0.2) is 0 Å². The van der Waals surface area contributed by atoms with Gasteiger partial charge in [0.15, 0.2) is 5.96 Å². The summed E-state index contributed by atoms with van der Waals surface area (Å²) in [6.07, 6.45) is 2.51. The second-order valence-electron chi connectivity index (χ2n) is 4.68. The summed E-state index contributed by atoms with van der Waals surface area (Å²) in [5.41, 5.74) is 2.14. The fourth-order valence-electron chi connectivity index (χ4n) is 2.69. The highest BCUT2D eigenvalue weighted by Gasteiger charge is 2.46. The first kappa shape index (κ1) is 10.3. The van der Waals surface area contributed by atoms with Crippen LogP contribution in [0.25, 0.3) is 0 Å². The second kappa shape index (κ2) is 3.58. The zero-order valence-corrected chi connectivity index (χ0v) is 9.79. The van der Waals surface area contributed by atoms with Crippen LogP contribution in [0.15, 0.2) is 29.3 Å². The lowest BCUT2D eigenvalue weighted by molar-refractivity contribution is -0.124. The third-order valence-electron chi connectivity index (χ3n) is 3.68. The molecule has 1 heterocycles. The van der Waals surface area contributed by atoms with Crippen molar-refractivity contribution >= 4 is 11.9 Å². The van der Waals surface area contributed by atoms with Gasteiger partial charge in [-0.05, 0) is 24.0 Å². The number of nitrogens with one attached hydrogen (secondary N) is 2. The van der Waals surface area contributed by atoms with Gasteiger partial charge in [0.05, 0.1) is 0 Å². The smallest absolute Gasteiger partial charge is 0.252 e. The van der Waals surface area contributed by atoms with Gasteiger partial charge >= 0.3 is 0 Å². The fraction of sp³-hybridized carbons (Fsp3) is 0.385. The number of aliphatic imine (C=N–C) groups is 1. The van der Waals surface area contributed by atoms with Gasteiger partial charge in [-0.1, -0.05) is 24.3 Å². The molecule has 4 heteroatoms. The number of aryl methyl sites for hydroxylation is 1. The lowest BCUT2D eigenvalue weighted by Crippen LogP contribution is -2.51. The first-order chi connectivity index (χ1) is 8.23. The van der Waals surface area contributed by atoms with Crippen molar-refractivity contribution in [3.05, 3.63) is 35.4 Å². The molecule has 88 valence electrons. The Labute approximate surface area is 100 Å². The Morgan fingerprint density at radius 1 is 1.29 bits per heavy atom. The predicted molar refractivity (Wildman–Crippen MR) is 65.8 cm³/mol. The van der Waals surface area contributed by atoms with E-state index in [4.69, 9.17) is 0 Å². The average molecular weight is 229 g/mol. The number of fused-ring (bicyclic) bond motifs is 1. The Morgan fingerprint density at radius 2 is 2.06 bits per heavy atom. The number of hydrogen-bond acceptors (Lipinski definition) is 2. The average Bonchev–Trinajstić information content (AvgIpc) is 2.66. The minimum absolute atomic E-state index is 0.0487. The van der Waals surface area contributed by atoms with E-state index in [1.165, 1.54) is 11.1 Å². The van der Waals surface area contributed by atoms with Crippen LogP contribution in [0.2, 0.25) is 0 Å². The quantitative estimate of drug-likeness (QED) is 0.685. The molecule has 17 heavy (non-hydrogen) atoms. The molecule has 1 amide bonds. The van der Waals surface area contributed by atoms with E-state index < -0.39 is 5.54 Å². The van der Waals surface area contributed by atoms with E-state index in [-0.39, 0.29) is 5.91 Å². The number of hydrogen-bond donors (Lipinski definition) is 2. The minimum atomic E-state index is -0.483. The van der Waals surface area contributed by atoms with Crippen LogP contribution in [0.3, 0.4) is 0 Å². The summed E-state index contributed by atoms with van der Waals surface area (Å²) in [6, 6.07) is 8.33. The molecule has 0 aromatic heterocycles. The molecule has 3 rings (SSSR count). The van der Waals surface area contributed by atoms with Crippen molar-refractivity contribution in [1.29, 1.82) is 0 Å². The highest BCUT2D eigenvalue weighted by Crippen LogP contribution is 2.30. The normalized spacial score (nSPS) is 29.0. The molecule has 1 aromatic carbocycles. The molecule has 1 fully saturated rings. The van der Waals surface area contributed by atoms with Crippen molar-refractivity contribution in [1.82, 2.24) is 10.6 Å². The molecule has 0 saturated carbocycles. The zero-order chi connectivity index (χ0) is 11.9. The highest BCUT2D eigenvalue weighted by molar-refractivity contribution is 6.09. The molecular weight excluding hydrogens is 214 g/mol. The Kier molecular flexibility index (Phi) is 2.18. The largest absolute Gasteiger partial charge is 0.341 e. The summed E-state index contributed by atoms with van der Waals surface area (Å²) < 4.78 is 0. The Bertz CT molecular complexity index is 509. The molecule has 1 aliphatic carbocycles. The predicted octanol–water partition coefficient (Wildman–Crippen LogP) is 0.619. The van der Waals surface area contributed by atoms with Gasteiger partial charge in [0.25, 0.3) is 5.91 Å². The third-order valence-corrected chi connectivity index (χ3v) is 3.68. The van der Waals surface area contributed by atoms with Crippen LogP contribution in [-0.4, -0.2) is 24.5 Å². The van der Waals surface area contributed by atoms with Crippen molar-refractivity contribution < 1.29 is 4.79 Å². The number of guanidine groups is 1. The van der Waals surface area contributed by atoms with Crippen molar-refractivity contribution in [3.8, 4) is 0 Å². The van der Waals surface area contributed by atoms with Gasteiger partial charge in [0.1, 0.15) is 5.54 Å². The summed E-state index contributed by atoms with van der Waals surface area (Å²) in [4.78, 5) is 16.1. The number of rotatable bonds is 0. The van der Waals surface area contributed by atoms with Gasteiger partial charge in [-0.3, -0.25) is 15.1 Å². The van der Waals surface area contributed by atoms with E-state index in [1.54, 1.807) is 7.05 Å². The molecule has 1 aliphatic heterocycles. The van der Waals surface area contributed by atoms with Crippen molar-refractivity contribution in [2.24, 2.45) is 4.99 Å². The lowest BCUT2D eigenvalue weighted by atomic mass is 9.78. The maximum atomic E-state index is 12.1. The van der Waals surface area contributed by atoms with Gasteiger partial charge in [-0.15, -0.1) is 0 Å². The first-order valence-corrected chi connectivity index (χ1v) is 5.87. The molecule has 1 spiro atoms. The van der Waals surface area contributed by atoms with Crippen LogP contribution in [0.1, 0.15) is 17.5 Å². The van der Waals surface area contributed by atoms with Crippen LogP contribution in [0, 0.1) is 0 Å². The van der Waals surface area contributed by atoms with E-state index in [0.29, 0.717) is 5.96 Å². The fourth-order valence-corrected chi connectivity index (χ4v) is 2.69. The van der Waals surface area contributed by atoms with Gasteiger partial charge in [0, 0.05) is 13.5 Å². The molecule has 1 unspecified atom stereocenters. The summed E-state index contributed by atoms with van der Waals surface area (Å²) in [7, 11) is 1.68. The van der Waals surface area contributed by atoms with Crippen LogP contribution in [0.4, 0.5) is 0 Å². The highest BCUT2D eigenvalue weighted by atomic mass is 16.2. The molecule has 1 aromatic rings. The molecule has 0 bridgehead atoms. The number of nitrogens with zero attached hydrogens (tertiary/aromatic N) is 1. The number of carbonyl (C=O) groups is 1. The Morgan fingerprint density at radius 3 is 2.76 bits per heavy atom. The van der Waals surface area contributed by atoms with Gasteiger partial charge in [-0.2, -0.15) is 0 Å². The van der Waals surface area contributed by atoms with Gasteiger partial charge in [0.2, 0.25) is 0 Å². The minimum Gasteiger partial charge on any atom is -0.341 e. The third kappa shape index (κ3) is 1.52. The second-order valence-corrected chi connectivity index (χ2v) is 4.68. The summed E-state index contributed by atoms with van der Waals surface area (Å²) in [6.45, 7) is 0. The van der Waals surface area contributed by atoms with E-state index in [1.807, 2.05) is 6.07 Å². The first-order valence-electron chi connectivity index (χ1n) is 5.87. The molecule has 4 nitrogen and oxygen atoms in total. The van der Waals surface area contributed by atoms with E-state index >= 15 is 0 Å². The monoisotopic (exact) mass is 229 g/mol. The molecule has 1 atom stereocenters. The van der Waals surface area contributed by atoms with E-state index in [9.17, 15) is 4.79 Å². The zero-order valence-electron chi connectivity index (χ0n) is 9.79. The van der Waals surface area contributed by atoms with E-state index in [0.717, 1.165) is 19.3 Å². The molecule has 2 aliphatic rings. The number of carbonyl (C=O) groups excluding carboxylic acids is 1. The summed E-state index contributed by atoms with van der Waals surface area (Å²) in [5, 5.41) is 6.03. The van der Waals surface area contributed by atoms with Gasteiger partial charge < -0.3 is 5.32 Å². The maximum Gasteiger partial charge on any atom is 0.252 e. The molecule has 2 N–H and O–H groups in total. The topological polar surface area (TPSA) is 53.5 Å². The van der Waals surface area contributed by atoms with Crippen LogP contribution < -0.4 is 10.6 Å². The number of amides is 1. The van der Waals surface area contributed by atoms with E-state index in [2.05, 4.69) is 33.8 Å². The Hall–Kier alpha value is -1.84. The van der Waals surface area contributed by atoms with Crippen molar-refractivity contribution in [2.75, 3.05) is 7.05 Å². The molecule has 0 radical (unpaired) electrons. The molecule has 1 saturated heterocycles. The van der Waals surface area contributed by atoms with Crippen LogP contribution in [0.5, 0.6) is 0 Å². The Balaban J connectivity index is 1.96. The van der Waals surface area contributed by atoms with Crippen molar-refractivity contribution in [3.63, 3.8) is 0 Å². The maximum absolute atomic E-state index is 12.1. The van der Waals surface area contributed by atoms with Crippen LogP contribution in [-0.2, 0) is 17.6 Å². The lowest BCUT2D eigenvalue weighted by Gasteiger charge is -2.32. The summed E-state index contributed by atoms with van der Waals surface area (Å²) >= 11 is 0. The molecular formula is C13H15N3O. The standard InChI is InChI=1S/C13H15N3O/c1-14-12-15-11(17)13(16-12)7-6-9-4-2-3-5-10(9)8-13/h2-5H,6-8H2,1H3,(H2,14,15,16,17). The number of benzene rings is 1. The van der Waals surface area contributed by atoms with Crippen molar-refractivity contribution in [2.45, 2.75) is 24.8 Å².